The van der Waals surface area contributed by atoms with Gasteiger partial charge in [0.25, 0.3) is 0 Å². The van der Waals surface area contributed by atoms with Gasteiger partial charge in [0.05, 0.1) is 0 Å². The molecule has 2 heterocycles. The van der Waals surface area contributed by atoms with Gasteiger partial charge < -0.3 is 11.1 Å². The van der Waals surface area contributed by atoms with Crippen LogP contribution in [0.1, 0.15) is 32.6 Å². The van der Waals surface area contributed by atoms with Crippen LogP contribution in [0.2, 0.25) is 0 Å². The quantitative estimate of drug-likeness (QED) is 0.648. The molecule has 2 bridgehead atoms. The maximum absolute atomic E-state index is 6.02. The summed E-state index contributed by atoms with van der Waals surface area (Å²) in [6.07, 6.45) is 5.40. The molecule has 3 fully saturated rings. The second kappa shape index (κ2) is 3.35. The van der Waals surface area contributed by atoms with Crippen LogP contribution in [0.5, 0.6) is 0 Å². The summed E-state index contributed by atoms with van der Waals surface area (Å²) in [5.74, 6) is 1.74. The van der Waals surface area contributed by atoms with Crippen molar-refractivity contribution in [2.24, 2.45) is 17.6 Å². The molecule has 1 saturated carbocycles. The van der Waals surface area contributed by atoms with Gasteiger partial charge in [0, 0.05) is 12.1 Å². The molecule has 1 aliphatic carbocycles. The van der Waals surface area contributed by atoms with E-state index < -0.39 is 0 Å². The Labute approximate surface area is 74.9 Å². The van der Waals surface area contributed by atoms with Gasteiger partial charge in [-0.1, -0.05) is 13.3 Å². The van der Waals surface area contributed by atoms with E-state index in [4.69, 9.17) is 5.73 Å². The second-order valence-electron chi connectivity index (χ2n) is 4.48. The Hall–Kier alpha value is -0.0800. The van der Waals surface area contributed by atoms with E-state index in [2.05, 4.69) is 12.2 Å². The van der Waals surface area contributed by atoms with Crippen molar-refractivity contribution in [3.05, 3.63) is 0 Å². The van der Waals surface area contributed by atoms with E-state index in [1.165, 1.54) is 32.2 Å². The highest BCUT2D eigenvalue weighted by Crippen LogP contribution is 2.36. The third-order valence-corrected chi connectivity index (χ3v) is 3.57. The van der Waals surface area contributed by atoms with Crippen LogP contribution in [0, 0.1) is 11.8 Å². The molecular formula is C10H20N2. The smallest absolute Gasteiger partial charge is 0.0225 e. The predicted molar refractivity (Wildman–Crippen MR) is 50.9 cm³/mol. The summed E-state index contributed by atoms with van der Waals surface area (Å²) in [5.41, 5.74) is 6.02. The van der Waals surface area contributed by atoms with Crippen LogP contribution in [0.4, 0.5) is 0 Å². The van der Waals surface area contributed by atoms with Crippen LogP contribution in [-0.2, 0) is 0 Å². The summed E-state index contributed by atoms with van der Waals surface area (Å²) >= 11 is 0. The minimum absolute atomic E-state index is 0.465. The van der Waals surface area contributed by atoms with E-state index in [0.717, 1.165) is 11.8 Å². The lowest BCUT2D eigenvalue weighted by Gasteiger charge is -2.40. The van der Waals surface area contributed by atoms with Gasteiger partial charge in [-0.05, 0) is 37.6 Å². The Kier molecular flexibility index (Phi) is 2.37. The van der Waals surface area contributed by atoms with E-state index in [0.29, 0.717) is 12.1 Å². The summed E-state index contributed by atoms with van der Waals surface area (Å²) in [6, 6.07) is 1.11. The number of nitrogens with one attached hydrogen (secondary N) is 1. The molecule has 0 amide bonds. The van der Waals surface area contributed by atoms with E-state index in [1.54, 1.807) is 0 Å². The molecule has 3 N–H and O–H groups in total. The first kappa shape index (κ1) is 8.52. The normalized spacial score (nSPS) is 46.5. The highest BCUT2D eigenvalue weighted by molar-refractivity contribution is 5.01. The Bertz CT molecular complexity index is 158. The monoisotopic (exact) mass is 168 g/mol. The van der Waals surface area contributed by atoms with Gasteiger partial charge in [-0.3, -0.25) is 0 Å². The van der Waals surface area contributed by atoms with Gasteiger partial charge in [-0.2, -0.15) is 0 Å². The van der Waals surface area contributed by atoms with E-state index in [-0.39, 0.29) is 0 Å². The van der Waals surface area contributed by atoms with Crippen molar-refractivity contribution in [3.8, 4) is 0 Å². The molecule has 2 heteroatoms. The summed E-state index contributed by atoms with van der Waals surface area (Å²) in [5, 5.41) is 3.57. The Morgan fingerprint density at radius 3 is 2.92 bits per heavy atom. The van der Waals surface area contributed by atoms with Crippen LogP contribution in [-0.4, -0.2) is 18.6 Å². The zero-order chi connectivity index (χ0) is 8.55. The zero-order valence-corrected chi connectivity index (χ0v) is 7.92. The number of nitrogens with two attached hydrogens (primary N) is 1. The van der Waals surface area contributed by atoms with Crippen molar-refractivity contribution in [3.63, 3.8) is 0 Å². The van der Waals surface area contributed by atoms with Crippen molar-refractivity contribution >= 4 is 0 Å². The van der Waals surface area contributed by atoms with Crippen LogP contribution in [0.15, 0.2) is 0 Å². The predicted octanol–water partition coefficient (Wildman–Crippen LogP) is 1.11. The van der Waals surface area contributed by atoms with E-state index >= 15 is 0 Å². The topological polar surface area (TPSA) is 38.0 Å². The molecule has 0 aromatic rings. The summed E-state index contributed by atoms with van der Waals surface area (Å²) in [7, 11) is 0. The molecule has 4 atom stereocenters. The average Bonchev–Trinajstić information content (AvgIpc) is 2.35. The Morgan fingerprint density at radius 1 is 1.42 bits per heavy atom. The molecule has 12 heavy (non-hydrogen) atoms. The average molecular weight is 168 g/mol. The molecule has 0 radical (unpaired) electrons. The molecular weight excluding hydrogens is 148 g/mol. The molecule has 3 rings (SSSR count). The largest absolute Gasteiger partial charge is 0.326 e. The molecule has 0 spiro atoms. The Balaban J connectivity index is 1.88. The molecule has 4 unspecified atom stereocenters. The highest BCUT2D eigenvalue weighted by Gasteiger charge is 2.41. The lowest BCUT2D eigenvalue weighted by Crippen LogP contribution is -2.57. The minimum atomic E-state index is 0.465. The fourth-order valence-electron chi connectivity index (χ4n) is 2.70. The third-order valence-electron chi connectivity index (χ3n) is 3.57. The van der Waals surface area contributed by atoms with Crippen molar-refractivity contribution in [2.45, 2.75) is 44.7 Å². The van der Waals surface area contributed by atoms with Crippen molar-refractivity contribution < 1.29 is 0 Å². The van der Waals surface area contributed by atoms with Gasteiger partial charge in [-0.15, -0.1) is 0 Å². The summed E-state index contributed by atoms with van der Waals surface area (Å²) < 4.78 is 0. The summed E-state index contributed by atoms with van der Waals surface area (Å²) in [6.45, 7) is 3.48. The number of rotatable bonds is 2. The molecule has 2 aliphatic heterocycles. The van der Waals surface area contributed by atoms with Gasteiger partial charge in [0.1, 0.15) is 0 Å². The van der Waals surface area contributed by atoms with Crippen LogP contribution in [0.25, 0.3) is 0 Å². The van der Waals surface area contributed by atoms with Gasteiger partial charge in [-0.25, -0.2) is 0 Å². The third kappa shape index (κ3) is 1.38. The van der Waals surface area contributed by atoms with E-state index in [9.17, 15) is 0 Å². The molecule has 0 aromatic heterocycles. The standard InChI is InChI=1S/C10H20N2/c1-2-3-7-4-8-5-9(10(8)11)12-6-7/h7-10,12H,2-6,11H2,1H3. The van der Waals surface area contributed by atoms with Gasteiger partial charge >= 0.3 is 0 Å². The Morgan fingerprint density at radius 2 is 2.25 bits per heavy atom. The van der Waals surface area contributed by atoms with Crippen LogP contribution >= 0.6 is 0 Å². The molecule has 3 aliphatic rings. The SMILES string of the molecule is CCCC1CNC2CC(C1)C2N. The lowest BCUT2D eigenvalue weighted by atomic mass is 9.73. The highest BCUT2D eigenvalue weighted by atomic mass is 15.0. The first-order valence-corrected chi connectivity index (χ1v) is 5.30. The van der Waals surface area contributed by atoms with Crippen molar-refractivity contribution in [2.75, 3.05) is 6.54 Å². The number of hydrogen-bond acceptors (Lipinski definition) is 2. The van der Waals surface area contributed by atoms with Crippen LogP contribution in [0.3, 0.4) is 0 Å². The second-order valence-corrected chi connectivity index (χ2v) is 4.48. The molecule has 2 nitrogen and oxygen atoms in total. The lowest BCUT2D eigenvalue weighted by molar-refractivity contribution is 0.188. The maximum Gasteiger partial charge on any atom is 0.0225 e. The zero-order valence-electron chi connectivity index (χ0n) is 7.92. The fraction of sp³-hybridized carbons (Fsp3) is 1.00. The fourth-order valence-corrected chi connectivity index (χ4v) is 2.70. The molecule has 2 saturated heterocycles. The van der Waals surface area contributed by atoms with Crippen LogP contribution < -0.4 is 11.1 Å². The van der Waals surface area contributed by atoms with Crippen molar-refractivity contribution in [1.29, 1.82) is 0 Å². The number of hydrogen-bond donors (Lipinski definition) is 2. The van der Waals surface area contributed by atoms with Crippen molar-refractivity contribution in [1.82, 2.24) is 5.32 Å². The first-order valence-electron chi connectivity index (χ1n) is 5.30. The first-order chi connectivity index (χ1) is 5.81. The molecule has 70 valence electrons. The summed E-state index contributed by atoms with van der Waals surface area (Å²) in [4.78, 5) is 0. The number of fused-ring (bicyclic) bond motifs is 3. The van der Waals surface area contributed by atoms with E-state index in [1.807, 2.05) is 0 Å². The molecule has 0 aromatic carbocycles. The van der Waals surface area contributed by atoms with Gasteiger partial charge in [0.2, 0.25) is 0 Å². The van der Waals surface area contributed by atoms with Gasteiger partial charge in [0.15, 0.2) is 0 Å². The minimum Gasteiger partial charge on any atom is -0.326 e. The maximum atomic E-state index is 6.02.